The first-order chi connectivity index (χ1) is 13.3. The minimum atomic E-state index is -0.988. The third kappa shape index (κ3) is 7.08. The minimum absolute atomic E-state index is 0.0262. The van der Waals surface area contributed by atoms with E-state index in [-0.39, 0.29) is 29.5 Å². The van der Waals surface area contributed by atoms with Gasteiger partial charge in [-0.1, -0.05) is 47.1 Å². The van der Waals surface area contributed by atoms with Gasteiger partial charge in [-0.05, 0) is 44.7 Å². The van der Waals surface area contributed by atoms with Gasteiger partial charge in [0, 0.05) is 18.7 Å². The van der Waals surface area contributed by atoms with Crippen LogP contribution in [0, 0.1) is 11.3 Å². The maximum absolute atomic E-state index is 13.4. The average Bonchev–Trinajstić information content (AvgIpc) is 2.61. The molecular formula is C22H41N3O4. The lowest BCUT2D eigenvalue weighted by Crippen LogP contribution is -2.61. The Bertz CT molecular complexity index is 597. The molecule has 0 radical (unpaired) electrons. The van der Waals surface area contributed by atoms with Gasteiger partial charge in [0.15, 0.2) is 0 Å². The van der Waals surface area contributed by atoms with Gasteiger partial charge in [0.25, 0.3) is 0 Å². The van der Waals surface area contributed by atoms with Gasteiger partial charge in [0.1, 0.15) is 6.23 Å². The van der Waals surface area contributed by atoms with Gasteiger partial charge < -0.3 is 15.1 Å². The lowest BCUT2D eigenvalue weighted by molar-refractivity contribution is -0.139. The van der Waals surface area contributed by atoms with Gasteiger partial charge in [-0.25, -0.2) is 4.79 Å². The van der Waals surface area contributed by atoms with Crippen LogP contribution in [-0.4, -0.2) is 76.9 Å². The van der Waals surface area contributed by atoms with E-state index in [2.05, 4.69) is 10.2 Å². The van der Waals surface area contributed by atoms with Gasteiger partial charge in [-0.3, -0.25) is 15.0 Å². The van der Waals surface area contributed by atoms with E-state index < -0.39 is 23.7 Å². The number of likely N-dealkylation sites (N-methyl/N-ethyl adjacent to an activating group) is 2. The molecule has 168 valence electrons. The molecule has 7 heteroatoms. The number of likely N-dealkylation sites (tertiary alicyclic amines) is 1. The van der Waals surface area contributed by atoms with Crippen LogP contribution in [0.3, 0.4) is 0 Å². The number of amides is 1. The highest BCUT2D eigenvalue weighted by molar-refractivity contribution is 5.86. The van der Waals surface area contributed by atoms with Crippen molar-refractivity contribution in [2.45, 2.75) is 85.2 Å². The number of carboxylic acids is 1. The normalized spacial score (nSPS) is 22.3. The van der Waals surface area contributed by atoms with E-state index in [9.17, 15) is 19.8 Å². The molecule has 0 aromatic heterocycles. The summed E-state index contributed by atoms with van der Waals surface area (Å²) in [4.78, 5) is 28.5. The molecule has 0 aliphatic carbocycles. The molecule has 0 aromatic rings. The molecule has 1 rings (SSSR count). The van der Waals surface area contributed by atoms with Crippen LogP contribution in [0.5, 0.6) is 0 Å². The van der Waals surface area contributed by atoms with Gasteiger partial charge in [0.05, 0.1) is 12.1 Å². The highest BCUT2D eigenvalue weighted by atomic mass is 16.4. The highest BCUT2D eigenvalue weighted by Crippen LogP contribution is 2.25. The molecule has 1 fully saturated rings. The van der Waals surface area contributed by atoms with E-state index in [1.165, 1.54) is 6.92 Å². The van der Waals surface area contributed by atoms with Crippen LogP contribution in [0.15, 0.2) is 11.6 Å². The SMILES string of the molecule is C/C(=C\C(C(C)C)N(C)C(=O)C(NC(O)C1CCCCN1C)C(C)(C)C)C(=O)O. The predicted molar refractivity (Wildman–Crippen MR) is 115 cm³/mol. The number of carbonyl (C=O) groups is 2. The van der Waals surface area contributed by atoms with E-state index in [4.69, 9.17) is 0 Å². The maximum atomic E-state index is 13.4. The highest BCUT2D eigenvalue weighted by Gasteiger charge is 2.39. The van der Waals surface area contributed by atoms with E-state index in [1.54, 1.807) is 18.0 Å². The zero-order chi connectivity index (χ0) is 22.5. The van der Waals surface area contributed by atoms with Gasteiger partial charge in [-0.15, -0.1) is 0 Å². The Hall–Kier alpha value is -1.44. The Labute approximate surface area is 176 Å². The number of carbonyl (C=O) groups excluding carboxylic acids is 1. The molecule has 1 amide bonds. The monoisotopic (exact) mass is 411 g/mol. The first-order valence-corrected chi connectivity index (χ1v) is 10.6. The maximum Gasteiger partial charge on any atom is 0.331 e. The third-order valence-corrected chi connectivity index (χ3v) is 5.88. The van der Waals surface area contributed by atoms with Crippen LogP contribution in [0.2, 0.25) is 0 Å². The molecule has 1 heterocycles. The molecule has 29 heavy (non-hydrogen) atoms. The fourth-order valence-electron chi connectivity index (χ4n) is 3.90. The molecule has 0 saturated carbocycles. The number of aliphatic hydroxyl groups is 1. The second kappa shape index (κ2) is 10.5. The second-order valence-corrected chi connectivity index (χ2v) is 9.79. The molecule has 4 unspecified atom stereocenters. The van der Waals surface area contributed by atoms with Crippen LogP contribution >= 0.6 is 0 Å². The number of nitrogens with zero attached hydrogens (tertiary/aromatic N) is 2. The molecular weight excluding hydrogens is 370 g/mol. The van der Waals surface area contributed by atoms with Crippen LogP contribution < -0.4 is 5.32 Å². The Morgan fingerprint density at radius 3 is 2.28 bits per heavy atom. The van der Waals surface area contributed by atoms with Crippen molar-refractivity contribution in [1.82, 2.24) is 15.1 Å². The van der Waals surface area contributed by atoms with E-state index in [0.717, 1.165) is 25.8 Å². The average molecular weight is 412 g/mol. The zero-order valence-corrected chi connectivity index (χ0v) is 19.4. The van der Waals surface area contributed by atoms with Gasteiger partial charge in [-0.2, -0.15) is 0 Å². The predicted octanol–water partition coefficient (Wildman–Crippen LogP) is 2.31. The second-order valence-electron chi connectivity index (χ2n) is 9.79. The van der Waals surface area contributed by atoms with Gasteiger partial charge >= 0.3 is 5.97 Å². The largest absolute Gasteiger partial charge is 0.478 e. The molecule has 4 atom stereocenters. The summed E-state index contributed by atoms with van der Waals surface area (Å²) in [5.74, 6) is -1.09. The van der Waals surface area contributed by atoms with Crippen molar-refractivity contribution in [1.29, 1.82) is 0 Å². The summed E-state index contributed by atoms with van der Waals surface area (Å²) in [6, 6.07) is -0.973. The molecule has 1 aliphatic heterocycles. The number of carboxylic acid groups (broad SMARTS) is 1. The minimum Gasteiger partial charge on any atom is -0.478 e. The van der Waals surface area contributed by atoms with Crippen molar-refractivity contribution < 1.29 is 19.8 Å². The van der Waals surface area contributed by atoms with Crippen LogP contribution in [0.4, 0.5) is 0 Å². The molecule has 7 nitrogen and oxygen atoms in total. The molecule has 0 bridgehead atoms. The quantitative estimate of drug-likeness (QED) is 0.419. The lowest BCUT2D eigenvalue weighted by atomic mass is 9.84. The summed E-state index contributed by atoms with van der Waals surface area (Å²) in [6.07, 6.45) is 3.90. The molecule has 3 N–H and O–H groups in total. The van der Waals surface area contributed by atoms with Crippen LogP contribution in [0.1, 0.15) is 60.8 Å². The summed E-state index contributed by atoms with van der Waals surface area (Å²) in [5.41, 5.74) is -0.209. The first-order valence-electron chi connectivity index (χ1n) is 10.6. The summed E-state index contributed by atoms with van der Waals surface area (Å²) in [5, 5.41) is 23.3. The number of nitrogens with one attached hydrogen (secondary N) is 1. The zero-order valence-electron chi connectivity index (χ0n) is 19.4. The smallest absolute Gasteiger partial charge is 0.331 e. The summed E-state index contributed by atoms with van der Waals surface area (Å²) >= 11 is 0. The van der Waals surface area contributed by atoms with Crippen molar-refractivity contribution in [2.24, 2.45) is 11.3 Å². The molecule has 1 saturated heterocycles. The first kappa shape index (κ1) is 25.6. The van der Waals surface area contributed by atoms with Gasteiger partial charge in [0.2, 0.25) is 5.91 Å². The summed E-state index contributed by atoms with van der Waals surface area (Å²) < 4.78 is 0. The standard InChI is InChI=1S/C22H41N3O4/c1-14(2)17(13-15(3)21(28)29)25(8)20(27)18(22(4,5)6)23-19(26)16-11-9-10-12-24(16)7/h13-14,16-19,23,26H,9-12H2,1-8H3,(H,28,29)/b15-13+. The van der Waals surface area contributed by atoms with Crippen molar-refractivity contribution >= 4 is 11.9 Å². The number of hydrogen-bond acceptors (Lipinski definition) is 5. The number of rotatable bonds is 8. The summed E-state index contributed by atoms with van der Waals surface area (Å²) in [6.45, 7) is 12.3. The van der Waals surface area contributed by atoms with Crippen molar-refractivity contribution in [3.8, 4) is 0 Å². The Morgan fingerprint density at radius 1 is 1.24 bits per heavy atom. The number of piperidine rings is 1. The summed E-state index contributed by atoms with van der Waals surface area (Å²) in [7, 11) is 3.71. The Kier molecular flexibility index (Phi) is 9.31. The van der Waals surface area contributed by atoms with E-state index in [0.29, 0.717) is 0 Å². The number of aliphatic carboxylic acids is 1. The fourth-order valence-corrected chi connectivity index (χ4v) is 3.90. The number of hydrogen-bond donors (Lipinski definition) is 3. The Balaban J connectivity index is 3.08. The van der Waals surface area contributed by atoms with E-state index in [1.807, 2.05) is 41.7 Å². The van der Waals surface area contributed by atoms with E-state index >= 15 is 0 Å². The van der Waals surface area contributed by atoms with Crippen molar-refractivity contribution in [2.75, 3.05) is 20.6 Å². The third-order valence-electron chi connectivity index (χ3n) is 5.88. The topological polar surface area (TPSA) is 93.1 Å². The molecule has 1 aliphatic rings. The Morgan fingerprint density at radius 2 is 1.83 bits per heavy atom. The lowest BCUT2D eigenvalue weighted by Gasteiger charge is -2.42. The van der Waals surface area contributed by atoms with Crippen LogP contribution in [-0.2, 0) is 9.59 Å². The van der Waals surface area contributed by atoms with Crippen molar-refractivity contribution in [3.63, 3.8) is 0 Å². The molecule has 0 aromatic carbocycles. The fraction of sp³-hybridized carbons (Fsp3) is 0.818. The molecule has 0 spiro atoms. The number of aliphatic hydroxyl groups excluding tert-OH is 1. The van der Waals surface area contributed by atoms with Crippen molar-refractivity contribution in [3.05, 3.63) is 11.6 Å². The van der Waals surface area contributed by atoms with Crippen LogP contribution in [0.25, 0.3) is 0 Å².